The van der Waals surface area contributed by atoms with Crippen molar-refractivity contribution < 1.29 is 9.90 Å². The number of rotatable bonds is 3. The van der Waals surface area contributed by atoms with E-state index in [1.807, 2.05) is 30.5 Å². The van der Waals surface area contributed by atoms with E-state index in [1.165, 1.54) is 12.1 Å². The summed E-state index contributed by atoms with van der Waals surface area (Å²) in [5.41, 5.74) is 2.42. The van der Waals surface area contributed by atoms with Crippen LogP contribution < -0.4 is 5.32 Å². The quantitative estimate of drug-likeness (QED) is 0.646. The highest BCUT2D eigenvalue weighted by Gasteiger charge is 2.10. The Labute approximate surface area is 126 Å². The minimum absolute atomic E-state index is 0.0645. The number of para-hydroxylation sites is 1. The zero-order chi connectivity index (χ0) is 14.8. The monoisotopic (exact) mass is 300 g/mol. The number of anilines is 1. The molecule has 0 saturated heterocycles. The number of fused-ring (bicyclic) bond motifs is 1. The third-order valence-corrected chi connectivity index (χ3v) is 3.57. The number of aromatic amines is 1. The van der Waals surface area contributed by atoms with Crippen molar-refractivity contribution >= 4 is 34.1 Å². The molecule has 0 aliphatic heterocycles. The van der Waals surface area contributed by atoms with Gasteiger partial charge < -0.3 is 15.4 Å². The van der Waals surface area contributed by atoms with Crippen LogP contribution in [0.4, 0.5) is 5.69 Å². The summed E-state index contributed by atoms with van der Waals surface area (Å²) in [7, 11) is 0. The summed E-state index contributed by atoms with van der Waals surface area (Å²) in [5, 5.41) is 13.4. The van der Waals surface area contributed by atoms with Crippen LogP contribution in [0.1, 0.15) is 5.56 Å². The molecule has 21 heavy (non-hydrogen) atoms. The van der Waals surface area contributed by atoms with Crippen LogP contribution in [0.5, 0.6) is 5.75 Å². The number of aromatic hydroxyl groups is 1. The molecule has 3 rings (SSSR count). The van der Waals surface area contributed by atoms with Crippen LogP contribution in [0.15, 0.2) is 48.7 Å². The molecule has 2 aromatic carbocycles. The van der Waals surface area contributed by atoms with Gasteiger partial charge in [-0.2, -0.15) is 0 Å². The zero-order valence-corrected chi connectivity index (χ0v) is 11.8. The molecule has 1 aromatic heterocycles. The lowest BCUT2D eigenvalue weighted by Gasteiger charge is -2.07. The number of halogens is 1. The first-order valence-corrected chi connectivity index (χ1v) is 6.84. The average molecular weight is 301 g/mol. The third-order valence-electron chi connectivity index (χ3n) is 3.25. The predicted octanol–water partition coefficient (Wildman–Crippen LogP) is 3.71. The number of phenols is 1. The number of carbonyl (C=O) groups is 1. The van der Waals surface area contributed by atoms with E-state index in [-0.39, 0.29) is 18.1 Å². The van der Waals surface area contributed by atoms with Crippen molar-refractivity contribution in [2.45, 2.75) is 6.42 Å². The molecule has 4 nitrogen and oxygen atoms in total. The number of phenolic OH excluding ortho intramolecular Hbond substituents is 1. The number of carbonyl (C=O) groups excluding carboxylic acids is 1. The number of aromatic nitrogens is 1. The van der Waals surface area contributed by atoms with Gasteiger partial charge in [-0.25, -0.2) is 0 Å². The molecule has 0 fully saturated rings. The molecule has 5 heteroatoms. The largest absolute Gasteiger partial charge is 0.508 e. The maximum Gasteiger partial charge on any atom is 0.228 e. The molecule has 0 aliphatic carbocycles. The molecular formula is C16H13ClN2O2. The maximum absolute atomic E-state index is 12.1. The Morgan fingerprint density at radius 3 is 2.86 bits per heavy atom. The van der Waals surface area contributed by atoms with Crippen molar-refractivity contribution in [3.63, 3.8) is 0 Å². The maximum atomic E-state index is 12.1. The zero-order valence-electron chi connectivity index (χ0n) is 11.1. The Morgan fingerprint density at radius 1 is 1.24 bits per heavy atom. The van der Waals surface area contributed by atoms with E-state index in [4.69, 9.17) is 11.6 Å². The van der Waals surface area contributed by atoms with Crippen LogP contribution in [-0.4, -0.2) is 16.0 Å². The molecule has 0 saturated carbocycles. The van der Waals surface area contributed by atoms with Gasteiger partial charge in [-0.3, -0.25) is 4.79 Å². The Kier molecular flexibility index (Phi) is 3.54. The lowest BCUT2D eigenvalue weighted by molar-refractivity contribution is -0.115. The first kappa shape index (κ1) is 13.5. The highest BCUT2D eigenvalue weighted by molar-refractivity contribution is 6.33. The van der Waals surface area contributed by atoms with Crippen molar-refractivity contribution in [1.29, 1.82) is 0 Å². The third kappa shape index (κ3) is 2.85. The van der Waals surface area contributed by atoms with Crippen LogP contribution in [0, 0.1) is 0 Å². The fourth-order valence-electron chi connectivity index (χ4n) is 2.25. The van der Waals surface area contributed by atoms with Gasteiger partial charge in [-0.1, -0.05) is 29.8 Å². The van der Waals surface area contributed by atoms with E-state index in [0.29, 0.717) is 10.7 Å². The molecule has 1 amide bonds. The Balaban J connectivity index is 1.77. The van der Waals surface area contributed by atoms with Gasteiger partial charge in [0.1, 0.15) is 5.75 Å². The fourth-order valence-corrected chi connectivity index (χ4v) is 2.47. The lowest BCUT2D eigenvalue weighted by atomic mass is 10.1. The SMILES string of the molecule is O=C(Cc1c[nH]c2ccccc12)Nc1ccc(O)cc1Cl. The van der Waals surface area contributed by atoms with Crippen LogP contribution in [0.25, 0.3) is 10.9 Å². The van der Waals surface area contributed by atoms with Crippen LogP contribution >= 0.6 is 11.6 Å². The molecule has 0 aliphatic rings. The number of H-pyrrole nitrogens is 1. The number of benzene rings is 2. The number of hydrogen-bond acceptors (Lipinski definition) is 2. The molecule has 106 valence electrons. The van der Waals surface area contributed by atoms with Gasteiger partial charge in [-0.15, -0.1) is 0 Å². The summed E-state index contributed by atoms with van der Waals surface area (Å²) in [6.07, 6.45) is 2.09. The van der Waals surface area contributed by atoms with Crippen LogP contribution in [0.2, 0.25) is 5.02 Å². The van der Waals surface area contributed by atoms with E-state index >= 15 is 0 Å². The fraction of sp³-hybridized carbons (Fsp3) is 0.0625. The van der Waals surface area contributed by atoms with Crippen molar-refractivity contribution in [3.05, 3.63) is 59.2 Å². The standard InChI is InChI=1S/C16H13ClN2O2/c17-13-8-11(20)5-6-15(13)19-16(21)7-10-9-18-14-4-2-1-3-12(10)14/h1-6,8-9,18,20H,7H2,(H,19,21). The number of hydrogen-bond donors (Lipinski definition) is 3. The lowest BCUT2D eigenvalue weighted by Crippen LogP contribution is -2.14. The van der Waals surface area contributed by atoms with Gasteiger partial charge >= 0.3 is 0 Å². The summed E-state index contributed by atoms with van der Waals surface area (Å²) < 4.78 is 0. The average Bonchev–Trinajstić information content (AvgIpc) is 2.85. The molecule has 0 bridgehead atoms. The molecular weight excluding hydrogens is 288 g/mol. The predicted molar refractivity (Wildman–Crippen MR) is 83.7 cm³/mol. The molecule has 1 heterocycles. The van der Waals surface area contributed by atoms with Gasteiger partial charge in [0.15, 0.2) is 0 Å². The van der Waals surface area contributed by atoms with Crippen molar-refractivity contribution in [3.8, 4) is 5.75 Å². The topological polar surface area (TPSA) is 65.1 Å². The van der Waals surface area contributed by atoms with Crippen LogP contribution in [-0.2, 0) is 11.2 Å². The molecule has 0 radical (unpaired) electrons. The van der Waals surface area contributed by atoms with E-state index < -0.39 is 0 Å². The summed E-state index contributed by atoms with van der Waals surface area (Å²) in [4.78, 5) is 15.3. The normalized spacial score (nSPS) is 10.7. The van der Waals surface area contributed by atoms with E-state index in [2.05, 4.69) is 10.3 Å². The van der Waals surface area contributed by atoms with E-state index in [9.17, 15) is 9.90 Å². The number of amides is 1. The van der Waals surface area contributed by atoms with Gasteiger partial charge in [0.05, 0.1) is 17.1 Å². The second kappa shape index (κ2) is 5.50. The van der Waals surface area contributed by atoms with Crippen molar-refractivity contribution in [2.24, 2.45) is 0 Å². The van der Waals surface area contributed by atoms with Gasteiger partial charge in [-0.05, 0) is 23.8 Å². The first-order valence-electron chi connectivity index (χ1n) is 6.47. The molecule has 3 aromatic rings. The van der Waals surface area contributed by atoms with Gasteiger partial charge in [0.2, 0.25) is 5.91 Å². The van der Waals surface area contributed by atoms with E-state index in [0.717, 1.165) is 16.5 Å². The molecule has 0 spiro atoms. The highest BCUT2D eigenvalue weighted by atomic mass is 35.5. The number of nitrogens with one attached hydrogen (secondary N) is 2. The van der Waals surface area contributed by atoms with E-state index in [1.54, 1.807) is 6.07 Å². The smallest absolute Gasteiger partial charge is 0.228 e. The summed E-state index contributed by atoms with van der Waals surface area (Å²) in [5.74, 6) is -0.0954. The van der Waals surface area contributed by atoms with Crippen molar-refractivity contribution in [2.75, 3.05) is 5.32 Å². The summed E-state index contributed by atoms with van der Waals surface area (Å²) in [6, 6.07) is 12.3. The second-order valence-corrected chi connectivity index (χ2v) is 5.16. The highest BCUT2D eigenvalue weighted by Crippen LogP contribution is 2.26. The Hall–Kier alpha value is -2.46. The molecule has 0 unspecified atom stereocenters. The van der Waals surface area contributed by atoms with Gasteiger partial charge in [0, 0.05) is 23.2 Å². The second-order valence-electron chi connectivity index (χ2n) is 4.75. The van der Waals surface area contributed by atoms with Crippen molar-refractivity contribution in [1.82, 2.24) is 4.98 Å². The Morgan fingerprint density at radius 2 is 2.05 bits per heavy atom. The van der Waals surface area contributed by atoms with Gasteiger partial charge in [0.25, 0.3) is 0 Å². The van der Waals surface area contributed by atoms with Crippen LogP contribution in [0.3, 0.4) is 0 Å². The minimum Gasteiger partial charge on any atom is -0.508 e. The Bertz CT molecular complexity index is 811. The summed E-state index contributed by atoms with van der Waals surface area (Å²) >= 11 is 5.97. The first-order chi connectivity index (χ1) is 10.1. The molecule has 3 N–H and O–H groups in total. The summed E-state index contributed by atoms with van der Waals surface area (Å²) in [6.45, 7) is 0. The molecule has 0 atom stereocenters. The minimum atomic E-state index is -0.160.